The number of Topliss-reactive ketones (excluding diaryl/α,β-unsaturated/α-hetero) is 1. The van der Waals surface area contributed by atoms with E-state index in [0.29, 0.717) is 11.8 Å². The summed E-state index contributed by atoms with van der Waals surface area (Å²) in [7, 11) is 0. The fourth-order valence-electron chi connectivity index (χ4n) is 3.36. The molecule has 2 fully saturated rings. The van der Waals surface area contributed by atoms with Crippen LogP contribution in [0.1, 0.15) is 23.2 Å². The van der Waals surface area contributed by atoms with Crippen molar-refractivity contribution in [2.24, 2.45) is 5.92 Å². The third kappa shape index (κ3) is 4.71. The van der Waals surface area contributed by atoms with Crippen molar-refractivity contribution >= 4 is 41.1 Å². The number of thioether (sulfide) groups is 3. The number of piperidine rings is 1. The highest BCUT2D eigenvalue weighted by atomic mass is 32.2. The molecule has 2 saturated heterocycles. The number of ketones is 1. The normalized spacial score (nSPS) is 24.3. The maximum atomic E-state index is 12.9. The molecular formula is C18H25NOS3. The third-order valence-electron chi connectivity index (χ3n) is 4.71. The molecule has 126 valence electrons. The van der Waals surface area contributed by atoms with Gasteiger partial charge in [-0.1, -0.05) is 12.1 Å². The fraction of sp³-hybridized carbons (Fsp3) is 0.611. The topological polar surface area (TPSA) is 20.3 Å². The Balaban J connectivity index is 1.63. The van der Waals surface area contributed by atoms with E-state index in [4.69, 9.17) is 0 Å². The summed E-state index contributed by atoms with van der Waals surface area (Å²) in [5, 5.41) is 0. The average Bonchev–Trinajstić information content (AvgIpc) is 2.91. The van der Waals surface area contributed by atoms with Gasteiger partial charge in [-0.15, -0.1) is 11.8 Å². The molecule has 5 heteroatoms. The van der Waals surface area contributed by atoms with Gasteiger partial charge < -0.3 is 0 Å². The summed E-state index contributed by atoms with van der Waals surface area (Å²) in [6, 6.07) is 8.80. The minimum Gasteiger partial charge on any atom is -0.298 e. The van der Waals surface area contributed by atoms with E-state index in [1.54, 1.807) is 11.8 Å². The Morgan fingerprint density at radius 1 is 1.17 bits per heavy atom. The molecule has 0 spiro atoms. The molecule has 1 aromatic rings. The van der Waals surface area contributed by atoms with Gasteiger partial charge in [0.2, 0.25) is 0 Å². The molecule has 0 saturated carbocycles. The van der Waals surface area contributed by atoms with Gasteiger partial charge >= 0.3 is 0 Å². The first kappa shape index (κ1) is 17.7. The van der Waals surface area contributed by atoms with E-state index in [2.05, 4.69) is 46.8 Å². The highest BCUT2D eigenvalue weighted by Crippen LogP contribution is 2.27. The smallest absolute Gasteiger partial charge is 0.167 e. The van der Waals surface area contributed by atoms with Crippen LogP contribution in [0.25, 0.3) is 0 Å². The van der Waals surface area contributed by atoms with Gasteiger partial charge in [-0.25, -0.2) is 0 Å². The first-order valence-electron chi connectivity index (χ1n) is 8.35. The number of nitrogens with zero attached hydrogens (tertiary/aromatic N) is 1. The molecule has 0 amide bonds. The summed E-state index contributed by atoms with van der Waals surface area (Å²) < 4.78 is 0. The van der Waals surface area contributed by atoms with Crippen LogP contribution in [0.3, 0.4) is 0 Å². The maximum absolute atomic E-state index is 12.9. The second kappa shape index (κ2) is 8.84. The van der Waals surface area contributed by atoms with E-state index in [-0.39, 0.29) is 5.92 Å². The van der Waals surface area contributed by atoms with Crippen LogP contribution >= 0.6 is 35.3 Å². The average molecular weight is 368 g/mol. The third-order valence-corrected chi connectivity index (χ3v) is 7.94. The summed E-state index contributed by atoms with van der Waals surface area (Å²) in [6.07, 6.45) is 4.27. The summed E-state index contributed by atoms with van der Waals surface area (Å²) in [4.78, 5) is 16.7. The van der Waals surface area contributed by atoms with Crippen molar-refractivity contribution in [3.63, 3.8) is 0 Å². The zero-order valence-corrected chi connectivity index (χ0v) is 16.2. The lowest BCUT2D eigenvalue weighted by Gasteiger charge is -2.37. The molecule has 2 aliphatic rings. The second-order valence-electron chi connectivity index (χ2n) is 6.23. The van der Waals surface area contributed by atoms with Gasteiger partial charge in [0, 0.05) is 52.0 Å². The predicted molar refractivity (Wildman–Crippen MR) is 105 cm³/mol. The van der Waals surface area contributed by atoms with E-state index in [0.717, 1.165) is 24.9 Å². The van der Waals surface area contributed by atoms with Gasteiger partial charge in [0.15, 0.2) is 5.78 Å². The molecule has 3 rings (SSSR count). The van der Waals surface area contributed by atoms with Crippen LogP contribution in [0, 0.1) is 5.92 Å². The summed E-state index contributed by atoms with van der Waals surface area (Å²) in [6.45, 7) is 2.12. The van der Waals surface area contributed by atoms with Crippen molar-refractivity contribution in [2.75, 3.05) is 42.4 Å². The molecule has 0 radical (unpaired) electrons. The molecule has 0 unspecified atom stereocenters. The lowest BCUT2D eigenvalue weighted by atomic mass is 9.89. The molecule has 2 heterocycles. The van der Waals surface area contributed by atoms with Crippen molar-refractivity contribution in [1.82, 2.24) is 4.90 Å². The Kier molecular flexibility index (Phi) is 6.81. The zero-order valence-electron chi connectivity index (χ0n) is 13.7. The van der Waals surface area contributed by atoms with Gasteiger partial charge in [-0.2, -0.15) is 23.5 Å². The molecule has 0 aliphatic carbocycles. The molecule has 2 aliphatic heterocycles. The van der Waals surface area contributed by atoms with E-state index in [1.807, 2.05) is 12.1 Å². The molecule has 0 N–H and O–H groups in total. The molecule has 1 atom stereocenters. The van der Waals surface area contributed by atoms with Crippen LogP contribution in [-0.2, 0) is 0 Å². The van der Waals surface area contributed by atoms with Crippen molar-refractivity contribution in [2.45, 2.75) is 23.8 Å². The Hall–Kier alpha value is -0.100. The number of likely N-dealkylation sites (tertiary alicyclic amines) is 1. The number of carbonyl (C=O) groups excluding carboxylic acids is 1. The van der Waals surface area contributed by atoms with Gasteiger partial charge in [0.05, 0.1) is 0 Å². The molecule has 0 aromatic heterocycles. The molecule has 1 aromatic carbocycles. The Morgan fingerprint density at radius 3 is 2.52 bits per heavy atom. The van der Waals surface area contributed by atoms with E-state index in [9.17, 15) is 4.79 Å². The lowest BCUT2D eigenvalue weighted by Crippen LogP contribution is -2.46. The maximum Gasteiger partial charge on any atom is 0.167 e. The molecule has 2 nitrogen and oxygen atoms in total. The summed E-state index contributed by atoms with van der Waals surface area (Å²) in [5.74, 6) is 5.55. The minimum absolute atomic E-state index is 0.183. The predicted octanol–water partition coefficient (Wildman–Crippen LogP) is 4.15. The Bertz CT molecular complexity index is 512. The van der Waals surface area contributed by atoms with Crippen LogP contribution in [-0.4, -0.2) is 59.1 Å². The molecule has 23 heavy (non-hydrogen) atoms. The number of rotatable bonds is 4. The van der Waals surface area contributed by atoms with Gasteiger partial charge in [-0.3, -0.25) is 9.69 Å². The van der Waals surface area contributed by atoms with Crippen molar-refractivity contribution in [3.05, 3.63) is 29.8 Å². The lowest BCUT2D eigenvalue weighted by molar-refractivity contribution is 0.0787. The van der Waals surface area contributed by atoms with Crippen LogP contribution in [0.4, 0.5) is 0 Å². The Labute approximate surface area is 152 Å². The van der Waals surface area contributed by atoms with Crippen LogP contribution in [0.15, 0.2) is 29.2 Å². The van der Waals surface area contributed by atoms with Gasteiger partial charge in [-0.05, 0) is 37.8 Å². The second-order valence-corrected chi connectivity index (χ2v) is 9.41. The minimum atomic E-state index is 0.183. The monoisotopic (exact) mass is 367 g/mol. The first-order chi connectivity index (χ1) is 11.3. The molecular weight excluding hydrogens is 342 g/mol. The van der Waals surface area contributed by atoms with Crippen molar-refractivity contribution < 1.29 is 4.79 Å². The van der Waals surface area contributed by atoms with Crippen LogP contribution in [0.5, 0.6) is 0 Å². The Morgan fingerprint density at radius 2 is 1.87 bits per heavy atom. The van der Waals surface area contributed by atoms with E-state index >= 15 is 0 Å². The zero-order chi connectivity index (χ0) is 16.1. The highest BCUT2D eigenvalue weighted by molar-refractivity contribution is 8.03. The van der Waals surface area contributed by atoms with Gasteiger partial charge in [0.1, 0.15) is 0 Å². The quantitative estimate of drug-likeness (QED) is 0.587. The number of hydrogen-bond donors (Lipinski definition) is 0. The number of benzene rings is 1. The summed E-state index contributed by atoms with van der Waals surface area (Å²) >= 11 is 5.88. The van der Waals surface area contributed by atoms with Crippen molar-refractivity contribution in [1.29, 1.82) is 0 Å². The van der Waals surface area contributed by atoms with Crippen LogP contribution < -0.4 is 0 Å². The van der Waals surface area contributed by atoms with Gasteiger partial charge in [0.25, 0.3) is 0 Å². The fourth-order valence-corrected chi connectivity index (χ4v) is 6.39. The standard InChI is InChI=1S/C18H25NOS3/c1-21-17-6-4-14(5-7-17)18(20)15-3-2-8-19(11-15)16-12-22-9-10-23-13-16/h4-7,15-16H,2-3,8-13H2,1H3/t15-/m1/s1. The SMILES string of the molecule is CSc1ccc(C(=O)[C@@H]2CCCN(C3CSCCSC3)C2)cc1. The highest BCUT2D eigenvalue weighted by Gasteiger charge is 2.30. The summed E-state index contributed by atoms with van der Waals surface area (Å²) in [5.41, 5.74) is 0.888. The first-order valence-corrected chi connectivity index (χ1v) is 11.9. The number of carbonyl (C=O) groups is 1. The largest absolute Gasteiger partial charge is 0.298 e. The van der Waals surface area contributed by atoms with E-state index < -0.39 is 0 Å². The molecule has 0 bridgehead atoms. The number of hydrogen-bond acceptors (Lipinski definition) is 5. The van der Waals surface area contributed by atoms with E-state index in [1.165, 1.54) is 34.5 Å². The van der Waals surface area contributed by atoms with Crippen molar-refractivity contribution in [3.8, 4) is 0 Å². The van der Waals surface area contributed by atoms with Crippen LogP contribution in [0.2, 0.25) is 0 Å².